The van der Waals surface area contributed by atoms with Crippen LogP contribution in [0.1, 0.15) is 38.2 Å². The topological polar surface area (TPSA) is 55.0 Å². The summed E-state index contributed by atoms with van der Waals surface area (Å²) in [5.41, 5.74) is 1.33. The molecule has 1 N–H and O–H groups in total. The van der Waals surface area contributed by atoms with E-state index >= 15 is 0 Å². The van der Waals surface area contributed by atoms with Gasteiger partial charge in [-0.15, -0.1) is 0 Å². The zero-order chi connectivity index (χ0) is 13.7. The summed E-state index contributed by atoms with van der Waals surface area (Å²) in [7, 11) is 1.61. The van der Waals surface area contributed by atoms with Gasteiger partial charge >= 0.3 is 0 Å². The zero-order valence-electron chi connectivity index (χ0n) is 11.6. The predicted molar refractivity (Wildman–Crippen MR) is 73.2 cm³/mol. The monoisotopic (exact) mass is 248 g/mol. The molecule has 0 radical (unpaired) electrons. The highest BCUT2D eigenvalue weighted by Crippen LogP contribution is 2.23. The third-order valence-electron chi connectivity index (χ3n) is 2.53. The van der Waals surface area contributed by atoms with E-state index in [1.54, 1.807) is 7.11 Å². The van der Waals surface area contributed by atoms with E-state index in [2.05, 4.69) is 10.2 Å². The molecule has 0 amide bonds. The molecule has 0 fully saturated rings. The molecular weight excluding hydrogens is 228 g/mol. The van der Waals surface area contributed by atoms with Crippen molar-refractivity contribution < 1.29 is 9.53 Å². The van der Waals surface area contributed by atoms with E-state index in [9.17, 15) is 4.79 Å². The van der Waals surface area contributed by atoms with Crippen molar-refractivity contribution in [2.24, 2.45) is 5.92 Å². The molecule has 0 atom stereocenters. The van der Waals surface area contributed by atoms with E-state index < -0.39 is 0 Å². The van der Waals surface area contributed by atoms with Crippen molar-refractivity contribution in [2.45, 2.75) is 27.7 Å². The predicted octanol–water partition coefficient (Wildman–Crippen LogP) is 3.44. The Morgan fingerprint density at radius 2 is 2.00 bits per heavy atom. The Morgan fingerprint density at radius 3 is 2.56 bits per heavy atom. The van der Waals surface area contributed by atoms with Crippen LogP contribution in [0, 0.1) is 5.92 Å². The van der Waals surface area contributed by atoms with E-state index in [0.717, 1.165) is 16.7 Å². The standard InChI is InChI=1S/C12H14N2O2.C2H6/c1-7(2)12(15)11-9-5-4-8(16-3)6-10(9)13-14-11;1-2/h4-7H,1-3H3,(H,13,14);1-2H3. The minimum atomic E-state index is -0.0476. The highest BCUT2D eigenvalue weighted by atomic mass is 16.5. The number of methoxy groups -OCH3 is 1. The summed E-state index contributed by atoms with van der Waals surface area (Å²) in [6, 6.07) is 5.52. The maximum atomic E-state index is 11.9. The number of benzene rings is 1. The van der Waals surface area contributed by atoms with Crippen LogP contribution < -0.4 is 4.74 Å². The number of rotatable bonds is 3. The molecule has 0 spiro atoms. The third-order valence-corrected chi connectivity index (χ3v) is 2.53. The lowest BCUT2D eigenvalue weighted by Crippen LogP contribution is -2.08. The van der Waals surface area contributed by atoms with Crippen molar-refractivity contribution in [3.8, 4) is 5.75 Å². The molecule has 0 unspecified atom stereocenters. The number of nitrogens with zero attached hydrogens (tertiary/aromatic N) is 1. The number of ketones is 1. The summed E-state index contributed by atoms with van der Waals surface area (Å²) in [5.74, 6) is 0.754. The van der Waals surface area contributed by atoms with Crippen molar-refractivity contribution in [1.82, 2.24) is 10.2 Å². The maximum absolute atomic E-state index is 11.9. The Labute approximate surface area is 107 Å². The Hall–Kier alpha value is -1.84. The lowest BCUT2D eigenvalue weighted by Gasteiger charge is -2.01. The van der Waals surface area contributed by atoms with E-state index in [1.165, 1.54) is 0 Å². The molecule has 0 aliphatic heterocycles. The van der Waals surface area contributed by atoms with Gasteiger partial charge in [0.2, 0.25) is 0 Å². The van der Waals surface area contributed by atoms with Crippen LogP contribution in [0.3, 0.4) is 0 Å². The van der Waals surface area contributed by atoms with E-state index in [-0.39, 0.29) is 11.7 Å². The molecule has 18 heavy (non-hydrogen) atoms. The van der Waals surface area contributed by atoms with Gasteiger partial charge in [-0.25, -0.2) is 0 Å². The number of hydrogen-bond acceptors (Lipinski definition) is 3. The molecule has 0 aliphatic carbocycles. The van der Waals surface area contributed by atoms with Crippen molar-refractivity contribution in [3.05, 3.63) is 23.9 Å². The number of aromatic amines is 1. The number of Topliss-reactive ketones (excluding diaryl/α,β-unsaturated/α-hetero) is 1. The largest absolute Gasteiger partial charge is 0.497 e. The second kappa shape index (κ2) is 6.19. The first-order valence-corrected chi connectivity index (χ1v) is 6.20. The normalized spacial score (nSPS) is 10.1. The minimum Gasteiger partial charge on any atom is -0.497 e. The molecule has 4 heteroatoms. The molecular formula is C14H20N2O2. The van der Waals surface area contributed by atoms with Crippen LogP contribution in [0.2, 0.25) is 0 Å². The molecule has 2 rings (SSSR count). The van der Waals surface area contributed by atoms with Crippen LogP contribution in [0.15, 0.2) is 18.2 Å². The van der Waals surface area contributed by atoms with Gasteiger partial charge in [0.05, 0.1) is 12.6 Å². The molecule has 0 bridgehead atoms. The van der Waals surface area contributed by atoms with Crippen molar-refractivity contribution in [1.29, 1.82) is 0 Å². The summed E-state index contributed by atoms with van der Waals surface area (Å²) < 4.78 is 5.11. The van der Waals surface area contributed by atoms with Gasteiger partial charge in [-0.3, -0.25) is 9.89 Å². The number of aromatic nitrogens is 2. The number of fused-ring (bicyclic) bond motifs is 1. The van der Waals surface area contributed by atoms with E-state index in [0.29, 0.717) is 5.69 Å². The SMILES string of the molecule is CC.COc1ccc2c(C(=O)C(C)C)n[nH]c2c1. The first-order chi connectivity index (χ1) is 8.63. The van der Waals surface area contributed by atoms with Crippen molar-refractivity contribution >= 4 is 16.7 Å². The molecule has 98 valence electrons. The Morgan fingerprint density at radius 1 is 1.33 bits per heavy atom. The van der Waals surface area contributed by atoms with Gasteiger partial charge < -0.3 is 4.74 Å². The second-order valence-electron chi connectivity index (χ2n) is 4.00. The second-order valence-corrected chi connectivity index (χ2v) is 4.00. The van der Waals surface area contributed by atoms with Crippen LogP contribution in [-0.2, 0) is 0 Å². The Kier molecular flexibility index (Phi) is 4.89. The fourth-order valence-corrected chi connectivity index (χ4v) is 1.59. The van der Waals surface area contributed by atoms with Crippen LogP contribution >= 0.6 is 0 Å². The summed E-state index contributed by atoms with van der Waals surface area (Å²) in [4.78, 5) is 11.9. The first-order valence-electron chi connectivity index (χ1n) is 6.20. The first kappa shape index (κ1) is 14.2. The van der Waals surface area contributed by atoms with E-state index in [1.807, 2.05) is 45.9 Å². The highest BCUT2D eigenvalue weighted by molar-refractivity contribution is 6.06. The average Bonchev–Trinajstić information content (AvgIpc) is 2.82. The highest BCUT2D eigenvalue weighted by Gasteiger charge is 2.17. The van der Waals surface area contributed by atoms with Crippen molar-refractivity contribution in [2.75, 3.05) is 7.11 Å². The molecule has 1 aromatic heterocycles. The summed E-state index contributed by atoms with van der Waals surface area (Å²) in [5, 5.41) is 7.76. The molecule has 1 heterocycles. The maximum Gasteiger partial charge on any atom is 0.186 e. The molecule has 0 saturated heterocycles. The summed E-state index contributed by atoms with van der Waals surface area (Å²) in [6.07, 6.45) is 0. The number of carbonyl (C=O) groups is 1. The lowest BCUT2D eigenvalue weighted by molar-refractivity contribution is 0.0936. The number of hydrogen-bond donors (Lipinski definition) is 1. The quantitative estimate of drug-likeness (QED) is 0.846. The number of H-pyrrole nitrogens is 1. The van der Waals surface area contributed by atoms with Gasteiger partial charge in [-0.2, -0.15) is 5.10 Å². The smallest absolute Gasteiger partial charge is 0.186 e. The molecule has 4 nitrogen and oxygen atoms in total. The molecule has 0 saturated carbocycles. The van der Waals surface area contributed by atoms with Gasteiger partial charge in [0, 0.05) is 17.4 Å². The fraction of sp³-hybridized carbons (Fsp3) is 0.429. The lowest BCUT2D eigenvalue weighted by atomic mass is 10.0. The van der Waals surface area contributed by atoms with Gasteiger partial charge in [-0.1, -0.05) is 27.7 Å². The molecule has 0 aliphatic rings. The molecule has 2 aromatic rings. The zero-order valence-corrected chi connectivity index (χ0v) is 11.6. The van der Waals surface area contributed by atoms with E-state index in [4.69, 9.17) is 4.74 Å². The molecule has 1 aromatic carbocycles. The average molecular weight is 248 g/mol. The Bertz CT molecular complexity index is 530. The van der Waals surface area contributed by atoms with Crippen LogP contribution in [0.25, 0.3) is 10.9 Å². The van der Waals surface area contributed by atoms with Crippen LogP contribution in [0.5, 0.6) is 5.75 Å². The number of carbonyl (C=O) groups excluding carboxylic acids is 1. The summed E-state index contributed by atoms with van der Waals surface area (Å²) in [6.45, 7) is 7.73. The number of ether oxygens (including phenoxy) is 1. The van der Waals surface area contributed by atoms with Gasteiger partial charge in [-0.05, 0) is 12.1 Å². The van der Waals surface area contributed by atoms with Crippen LogP contribution in [-0.4, -0.2) is 23.1 Å². The van der Waals surface area contributed by atoms with Gasteiger partial charge in [0.15, 0.2) is 5.78 Å². The third kappa shape index (κ3) is 2.70. The summed E-state index contributed by atoms with van der Waals surface area (Å²) >= 11 is 0. The van der Waals surface area contributed by atoms with Gasteiger partial charge in [0.25, 0.3) is 0 Å². The van der Waals surface area contributed by atoms with Gasteiger partial charge in [0.1, 0.15) is 11.4 Å². The number of nitrogens with one attached hydrogen (secondary N) is 1. The minimum absolute atomic E-state index is 0.0476. The fourth-order valence-electron chi connectivity index (χ4n) is 1.59. The van der Waals surface area contributed by atoms with Crippen molar-refractivity contribution in [3.63, 3.8) is 0 Å². The van der Waals surface area contributed by atoms with Crippen LogP contribution in [0.4, 0.5) is 0 Å². The Balaban J connectivity index is 0.000000771.